The maximum Gasteiger partial charge on any atom is 0.0551 e. The van der Waals surface area contributed by atoms with E-state index in [-0.39, 0.29) is 0 Å². The first kappa shape index (κ1) is 12.4. The number of piperidine rings is 3. The van der Waals surface area contributed by atoms with E-state index in [2.05, 4.69) is 39.4 Å². The van der Waals surface area contributed by atoms with Crippen LogP contribution in [0.1, 0.15) is 12.8 Å². The SMILES string of the molecule is C=C(Nc1ccc2sncc2c1)C1CN2CCC1CC2. The van der Waals surface area contributed by atoms with E-state index < -0.39 is 0 Å². The van der Waals surface area contributed by atoms with E-state index in [1.165, 1.54) is 48.3 Å². The van der Waals surface area contributed by atoms with Crippen molar-refractivity contribution in [2.24, 2.45) is 11.8 Å². The molecule has 3 aliphatic heterocycles. The van der Waals surface area contributed by atoms with Crippen molar-refractivity contribution < 1.29 is 0 Å². The van der Waals surface area contributed by atoms with Crippen LogP contribution < -0.4 is 5.32 Å². The first-order valence-corrected chi connectivity index (χ1v) is 8.09. The van der Waals surface area contributed by atoms with Crippen LogP contribution in [0.2, 0.25) is 0 Å². The van der Waals surface area contributed by atoms with Gasteiger partial charge in [-0.3, -0.25) is 0 Å². The van der Waals surface area contributed by atoms with Gasteiger partial charge in [-0.05, 0) is 61.6 Å². The third kappa shape index (κ3) is 2.13. The number of fused-ring (bicyclic) bond motifs is 4. The number of rotatable bonds is 3. The van der Waals surface area contributed by atoms with Crippen LogP contribution in [0.5, 0.6) is 0 Å². The molecule has 3 aliphatic rings. The van der Waals surface area contributed by atoms with Crippen LogP contribution in [0.25, 0.3) is 10.1 Å². The largest absolute Gasteiger partial charge is 0.359 e. The number of aromatic nitrogens is 1. The van der Waals surface area contributed by atoms with E-state index in [0.717, 1.165) is 11.6 Å². The van der Waals surface area contributed by atoms with Gasteiger partial charge in [0, 0.05) is 35.4 Å². The molecule has 0 spiro atoms. The fourth-order valence-corrected chi connectivity index (χ4v) is 4.21. The van der Waals surface area contributed by atoms with Crippen molar-refractivity contribution in [3.63, 3.8) is 0 Å². The molecule has 3 fully saturated rings. The summed E-state index contributed by atoms with van der Waals surface area (Å²) < 4.78 is 5.47. The Balaban J connectivity index is 1.51. The highest BCUT2D eigenvalue weighted by molar-refractivity contribution is 7.13. The normalized spacial score (nSPS) is 28.7. The van der Waals surface area contributed by atoms with Crippen molar-refractivity contribution in [2.45, 2.75) is 12.8 Å². The Hall–Kier alpha value is -1.39. The summed E-state index contributed by atoms with van der Waals surface area (Å²) in [7, 11) is 0. The molecular formula is C16H19N3S. The monoisotopic (exact) mass is 285 g/mol. The lowest BCUT2D eigenvalue weighted by Crippen LogP contribution is -2.48. The van der Waals surface area contributed by atoms with Gasteiger partial charge in [0.05, 0.1) is 4.70 Å². The van der Waals surface area contributed by atoms with Crippen molar-refractivity contribution >= 4 is 27.3 Å². The van der Waals surface area contributed by atoms with Gasteiger partial charge in [0.25, 0.3) is 0 Å². The van der Waals surface area contributed by atoms with Crippen LogP contribution in [0.15, 0.2) is 36.7 Å². The molecule has 1 aromatic carbocycles. The third-order valence-corrected chi connectivity index (χ3v) is 5.54. The van der Waals surface area contributed by atoms with Crippen molar-refractivity contribution in [3.8, 4) is 0 Å². The molecule has 1 aromatic heterocycles. The molecular weight excluding hydrogens is 266 g/mol. The van der Waals surface area contributed by atoms with Gasteiger partial charge in [-0.15, -0.1) is 0 Å². The summed E-state index contributed by atoms with van der Waals surface area (Å²) in [5, 5.41) is 4.74. The number of nitrogens with zero attached hydrogens (tertiary/aromatic N) is 2. The van der Waals surface area contributed by atoms with Gasteiger partial charge in [0.2, 0.25) is 0 Å². The standard InChI is InChI=1S/C16H19N3S/c1-11(15-10-19-6-4-12(15)5-7-19)18-14-2-3-16-13(8-14)9-17-20-16/h2-3,8-9,12,15,18H,1,4-7,10H2. The zero-order chi connectivity index (χ0) is 13.5. The molecule has 1 N–H and O–H groups in total. The van der Waals surface area contributed by atoms with E-state index in [4.69, 9.17) is 0 Å². The van der Waals surface area contributed by atoms with Gasteiger partial charge in [-0.25, -0.2) is 0 Å². The van der Waals surface area contributed by atoms with E-state index in [0.29, 0.717) is 5.92 Å². The molecule has 3 saturated heterocycles. The molecule has 2 bridgehead atoms. The summed E-state index contributed by atoms with van der Waals surface area (Å²) >= 11 is 1.55. The zero-order valence-electron chi connectivity index (χ0n) is 11.5. The van der Waals surface area contributed by atoms with Gasteiger partial charge in [-0.2, -0.15) is 4.37 Å². The van der Waals surface area contributed by atoms with Crippen molar-refractivity contribution in [2.75, 3.05) is 25.0 Å². The average Bonchev–Trinajstić information content (AvgIpc) is 2.96. The highest BCUT2D eigenvalue weighted by Gasteiger charge is 2.35. The second kappa shape index (κ2) is 4.86. The quantitative estimate of drug-likeness (QED) is 0.934. The Morgan fingerprint density at radius 3 is 2.95 bits per heavy atom. The van der Waals surface area contributed by atoms with Crippen molar-refractivity contribution in [1.82, 2.24) is 9.27 Å². The maximum absolute atomic E-state index is 4.31. The molecule has 0 saturated carbocycles. The van der Waals surface area contributed by atoms with Gasteiger partial charge in [0.1, 0.15) is 0 Å². The van der Waals surface area contributed by atoms with E-state index in [1.807, 2.05) is 6.20 Å². The fraction of sp³-hybridized carbons (Fsp3) is 0.438. The second-order valence-corrected chi connectivity index (χ2v) is 6.81. The smallest absolute Gasteiger partial charge is 0.0551 e. The minimum Gasteiger partial charge on any atom is -0.359 e. The zero-order valence-corrected chi connectivity index (χ0v) is 12.3. The van der Waals surface area contributed by atoms with Crippen LogP contribution in [0, 0.1) is 11.8 Å². The summed E-state index contributed by atoms with van der Waals surface area (Å²) in [6, 6.07) is 6.44. The highest BCUT2D eigenvalue weighted by atomic mass is 32.1. The minimum atomic E-state index is 0.605. The Bertz CT molecular complexity index is 640. The van der Waals surface area contributed by atoms with Crippen LogP contribution in [0.4, 0.5) is 5.69 Å². The Morgan fingerprint density at radius 1 is 1.35 bits per heavy atom. The van der Waals surface area contributed by atoms with Gasteiger partial charge in [0.15, 0.2) is 0 Å². The molecule has 2 aromatic rings. The number of hydrogen-bond acceptors (Lipinski definition) is 4. The fourth-order valence-electron chi connectivity index (χ4n) is 3.59. The molecule has 3 nitrogen and oxygen atoms in total. The first-order valence-electron chi connectivity index (χ1n) is 7.32. The lowest BCUT2D eigenvalue weighted by Gasteiger charge is -2.45. The summed E-state index contributed by atoms with van der Waals surface area (Å²) in [6.45, 7) is 8.05. The third-order valence-electron chi connectivity index (χ3n) is 4.76. The van der Waals surface area contributed by atoms with Gasteiger partial charge in [-0.1, -0.05) is 6.58 Å². The predicted molar refractivity (Wildman–Crippen MR) is 85.0 cm³/mol. The number of benzene rings is 1. The summed E-state index contributed by atoms with van der Waals surface area (Å²) in [5.74, 6) is 1.43. The topological polar surface area (TPSA) is 28.2 Å². The molecule has 0 radical (unpaired) electrons. The molecule has 5 rings (SSSR count). The minimum absolute atomic E-state index is 0.605. The van der Waals surface area contributed by atoms with Crippen molar-refractivity contribution in [3.05, 3.63) is 36.7 Å². The molecule has 4 heterocycles. The van der Waals surface area contributed by atoms with Crippen LogP contribution in [-0.4, -0.2) is 28.9 Å². The Labute approximate surface area is 123 Å². The molecule has 1 unspecified atom stereocenters. The van der Waals surface area contributed by atoms with Crippen LogP contribution in [-0.2, 0) is 0 Å². The summed E-state index contributed by atoms with van der Waals surface area (Å²) in [6.07, 6.45) is 4.60. The molecule has 4 heteroatoms. The maximum atomic E-state index is 4.31. The van der Waals surface area contributed by atoms with Gasteiger partial charge < -0.3 is 10.2 Å². The number of nitrogens with one attached hydrogen (secondary N) is 1. The van der Waals surface area contributed by atoms with Crippen molar-refractivity contribution in [1.29, 1.82) is 0 Å². The second-order valence-electron chi connectivity index (χ2n) is 5.97. The Morgan fingerprint density at radius 2 is 2.20 bits per heavy atom. The summed E-state index contributed by atoms with van der Waals surface area (Å²) in [4.78, 5) is 2.57. The highest BCUT2D eigenvalue weighted by Crippen LogP contribution is 2.36. The molecule has 0 amide bonds. The lowest BCUT2D eigenvalue weighted by atomic mass is 9.77. The van der Waals surface area contributed by atoms with Crippen LogP contribution in [0.3, 0.4) is 0 Å². The predicted octanol–water partition coefficient (Wildman–Crippen LogP) is 3.56. The molecule has 0 aliphatic carbocycles. The first-order chi connectivity index (χ1) is 9.79. The Kier molecular flexibility index (Phi) is 3.00. The molecule has 1 atom stereocenters. The van der Waals surface area contributed by atoms with E-state index in [9.17, 15) is 0 Å². The summed E-state index contributed by atoms with van der Waals surface area (Å²) in [5.41, 5.74) is 2.32. The number of hydrogen-bond donors (Lipinski definition) is 1. The lowest BCUT2D eigenvalue weighted by molar-refractivity contribution is 0.0690. The van der Waals surface area contributed by atoms with E-state index in [1.54, 1.807) is 11.5 Å². The van der Waals surface area contributed by atoms with Crippen LogP contribution >= 0.6 is 11.5 Å². The molecule has 104 valence electrons. The van der Waals surface area contributed by atoms with E-state index >= 15 is 0 Å². The van der Waals surface area contributed by atoms with Gasteiger partial charge >= 0.3 is 0 Å². The molecule has 20 heavy (non-hydrogen) atoms. The number of anilines is 1. The average molecular weight is 285 g/mol.